The summed E-state index contributed by atoms with van der Waals surface area (Å²) >= 11 is 0. The van der Waals surface area contributed by atoms with Gasteiger partial charge in [0.25, 0.3) is 5.91 Å². The van der Waals surface area contributed by atoms with E-state index in [-0.39, 0.29) is 17.8 Å². The zero-order valence-corrected chi connectivity index (χ0v) is 14.0. The van der Waals surface area contributed by atoms with Gasteiger partial charge in [-0.1, -0.05) is 32.0 Å². The van der Waals surface area contributed by atoms with Gasteiger partial charge in [-0.3, -0.25) is 20.0 Å². The largest absolute Gasteiger partial charge is 0.323 e. The van der Waals surface area contributed by atoms with Crippen LogP contribution in [-0.4, -0.2) is 37.9 Å². The van der Waals surface area contributed by atoms with Gasteiger partial charge < -0.3 is 4.90 Å². The highest BCUT2D eigenvalue weighted by Gasteiger charge is 2.33. The minimum Gasteiger partial charge on any atom is -0.323 e. The number of H-pyrrole nitrogens is 1. The summed E-state index contributed by atoms with van der Waals surface area (Å²) in [4.78, 5) is 30.7. The summed E-state index contributed by atoms with van der Waals surface area (Å²) in [6.45, 7) is 6.32. The van der Waals surface area contributed by atoms with Crippen molar-refractivity contribution in [3.8, 4) is 0 Å². The van der Waals surface area contributed by atoms with Gasteiger partial charge in [-0.25, -0.2) is 0 Å². The molecule has 7 nitrogen and oxygen atoms in total. The van der Waals surface area contributed by atoms with Gasteiger partial charge in [0, 0.05) is 18.5 Å². The van der Waals surface area contributed by atoms with Crippen LogP contribution in [0.4, 0.5) is 5.95 Å². The molecule has 0 radical (unpaired) electrons. The van der Waals surface area contributed by atoms with Crippen molar-refractivity contribution in [1.82, 2.24) is 20.1 Å². The molecule has 0 fully saturated rings. The van der Waals surface area contributed by atoms with E-state index in [1.54, 1.807) is 17.9 Å². The molecular weight excluding hydrogens is 306 g/mol. The maximum atomic E-state index is 12.4. The van der Waals surface area contributed by atoms with Crippen molar-refractivity contribution >= 4 is 17.8 Å². The summed E-state index contributed by atoms with van der Waals surface area (Å²) < 4.78 is 0. The van der Waals surface area contributed by atoms with Gasteiger partial charge in [-0.2, -0.15) is 4.98 Å². The Morgan fingerprint density at radius 1 is 1.33 bits per heavy atom. The third-order valence-electron chi connectivity index (χ3n) is 4.06. The molecule has 2 amide bonds. The highest BCUT2D eigenvalue weighted by atomic mass is 16.2. The Kier molecular flexibility index (Phi) is 4.33. The van der Waals surface area contributed by atoms with Crippen LogP contribution in [0.1, 0.15) is 42.5 Å². The first-order valence-corrected chi connectivity index (χ1v) is 8.06. The van der Waals surface area contributed by atoms with Gasteiger partial charge in [0.2, 0.25) is 11.9 Å². The van der Waals surface area contributed by atoms with Gasteiger partial charge in [-0.15, -0.1) is 5.10 Å². The lowest BCUT2D eigenvalue weighted by atomic mass is 10.1. The molecule has 0 aliphatic carbocycles. The van der Waals surface area contributed by atoms with Crippen molar-refractivity contribution in [1.29, 1.82) is 0 Å². The Hall–Kier alpha value is -2.70. The quantitative estimate of drug-likeness (QED) is 0.878. The van der Waals surface area contributed by atoms with Crippen LogP contribution in [0, 0.1) is 5.92 Å². The van der Waals surface area contributed by atoms with Crippen LogP contribution in [0.3, 0.4) is 0 Å². The normalized spacial score (nSPS) is 14.8. The molecule has 24 heavy (non-hydrogen) atoms. The lowest BCUT2D eigenvalue weighted by Gasteiger charge is -2.22. The van der Waals surface area contributed by atoms with Crippen LogP contribution >= 0.6 is 0 Å². The lowest BCUT2D eigenvalue weighted by Crippen LogP contribution is -2.42. The average molecular weight is 327 g/mol. The Balaban J connectivity index is 1.66. The van der Waals surface area contributed by atoms with Crippen molar-refractivity contribution in [3.63, 3.8) is 0 Å². The number of aromatic amines is 1. The van der Waals surface area contributed by atoms with E-state index in [1.165, 1.54) is 0 Å². The number of benzene rings is 1. The number of nitrogens with one attached hydrogen (secondary N) is 2. The number of amides is 2. The Morgan fingerprint density at radius 2 is 2.08 bits per heavy atom. The highest BCUT2D eigenvalue weighted by molar-refractivity contribution is 6.03. The van der Waals surface area contributed by atoms with E-state index in [4.69, 9.17) is 0 Å². The van der Waals surface area contributed by atoms with E-state index >= 15 is 0 Å². The number of carbonyl (C=O) groups is 2. The number of aromatic nitrogens is 3. The van der Waals surface area contributed by atoms with Crippen molar-refractivity contribution in [2.45, 2.75) is 39.8 Å². The molecule has 2 N–H and O–H groups in total. The number of anilines is 1. The Morgan fingerprint density at radius 3 is 2.79 bits per heavy atom. The first kappa shape index (κ1) is 16.2. The fourth-order valence-electron chi connectivity index (χ4n) is 2.78. The number of hydrogen-bond acceptors (Lipinski definition) is 4. The topological polar surface area (TPSA) is 91.0 Å². The van der Waals surface area contributed by atoms with Gasteiger partial charge in [0.15, 0.2) is 0 Å². The molecule has 1 unspecified atom stereocenters. The summed E-state index contributed by atoms with van der Waals surface area (Å²) in [5.74, 6) is 1.00. The van der Waals surface area contributed by atoms with E-state index in [0.29, 0.717) is 18.0 Å². The third kappa shape index (κ3) is 3.15. The number of fused-ring (bicyclic) bond motifs is 1. The summed E-state index contributed by atoms with van der Waals surface area (Å²) in [7, 11) is 0. The van der Waals surface area contributed by atoms with E-state index in [0.717, 1.165) is 17.8 Å². The second-order valence-corrected chi connectivity index (χ2v) is 6.46. The Bertz CT molecular complexity index is 768. The predicted molar refractivity (Wildman–Crippen MR) is 89.3 cm³/mol. The monoisotopic (exact) mass is 327 g/mol. The standard InChI is InChI=1S/C17H21N5O2/c1-10(2)8-14-18-17(21-20-14)19-15(23)11(3)22-9-12-6-4-5-7-13(12)16(22)24/h4-7,10-11H,8-9H2,1-3H3,(H2,18,19,20,21,23). The number of nitrogens with zero attached hydrogens (tertiary/aromatic N) is 3. The van der Waals surface area contributed by atoms with E-state index in [1.807, 2.05) is 18.2 Å². The van der Waals surface area contributed by atoms with E-state index in [9.17, 15) is 9.59 Å². The van der Waals surface area contributed by atoms with Crippen molar-refractivity contribution in [2.75, 3.05) is 5.32 Å². The fourth-order valence-corrected chi connectivity index (χ4v) is 2.78. The van der Waals surface area contributed by atoms with Crippen LogP contribution < -0.4 is 5.32 Å². The molecule has 1 atom stereocenters. The molecule has 3 rings (SSSR count). The average Bonchev–Trinajstić information content (AvgIpc) is 3.11. The van der Waals surface area contributed by atoms with Gasteiger partial charge in [-0.05, 0) is 24.5 Å². The molecule has 0 saturated carbocycles. The minimum atomic E-state index is -0.600. The number of hydrogen-bond donors (Lipinski definition) is 2. The van der Waals surface area contributed by atoms with Crippen LogP contribution in [0.25, 0.3) is 0 Å². The molecule has 0 spiro atoms. The summed E-state index contributed by atoms with van der Waals surface area (Å²) in [5.41, 5.74) is 1.61. The molecular formula is C17H21N5O2. The first-order chi connectivity index (χ1) is 11.5. The maximum Gasteiger partial charge on any atom is 0.255 e. The molecule has 2 aromatic rings. The second kappa shape index (κ2) is 6.43. The van der Waals surface area contributed by atoms with Crippen LogP contribution in [0.15, 0.2) is 24.3 Å². The zero-order chi connectivity index (χ0) is 17.3. The van der Waals surface area contributed by atoms with Gasteiger partial charge in [0.1, 0.15) is 11.9 Å². The van der Waals surface area contributed by atoms with Crippen molar-refractivity contribution in [3.05, 3.63) is 41.2 Å². The highest BCUT2D eigenvalue weighted by Crippen LogP contribution is 2.24. The molecule has 0 bridgehead atoms. The third-order valence-corrected chi connectivity index (χ3v) is 4.06. The molecule has 2 heterocycles. The first-order valence-electron chi connectivity index (χ1n) is 8.06. The van der Waals surface area contributed by atoms with Crippen molar-refractivity contribution < 1.29 is 9.59 Å². The minimum absolute atomic E-state index is 0.122. The van der Waals surface area contributed by atoms with Crippen LogP contribution in [0.2, 0.25) is 0 Å². The van der Waals surface area contributed by atoms with E-state index < -0.39 is 6.04 Å². The second-order valence-electron chi connectivity index (χ2n) is 6.46. The van der Waals surface area contributed by atoms with Gasteiger partial charge >= 0.3 is 0 Å². The summed E-state index contributed by atoms with van der Waals surface area (Å²) in [6, 6.07) is 6.82. The molecule has 0 saturated heterocycles. The smallest absolute Gasteiger partial charge is 0.255 e. The molecule has 1 aromatic heterocycles. The molecule has 126 valence electrons. The summed E-state index contributed by atoms with van der Waals surface area (Å²) in [6.07, 6.45) is 0.762. The maximum absolute atomic E-state index is 12.4. The lowest BCUT2D eigenvalue weighted by molar-refractivity contribution is -0.120. The van der Waals surface area contributed by atoms with E-state index in [2.05, 4.69) is 34.3 Å². The summed E-state index contributed by atoms with van der Waals surface area (Å²) in [5, 5.41) is 9.50. The SMILES string of the molecule is CC(C)Cc1nc(NC(=O)C(C)N2Cc3ccccc3C2=O)n[nH]1. The van der Waals surface area contributed by atoms with Gasteiger partial charge in [0.05, 0.1) is 0 Å². The fraction of sp³-hybridized carbons (Fsp3) is 0.412. The molecule has 1 aromatic carbocycles. The molecule has 1 aliphatic heterocycles. The predicted octanol–water partition coefficient (Wildman–Crippen LogP) is 1.99. The molecule has 7 heteroatoms. The van der Waals surface area contributed by atoms with Crippen LogP contribution in [-0.2, 0) is 17.8 Å². The van der Waals surface area contributed by atoms with Crippen LogP contribution in [0.5, 0.6) is 0 Å². The number of carbonyl (C=O) groups excluding carboxylic acids is 2. The molecule has 1 aliphatic rings. The number of rotatable bonds is 5. The Labute approximate surface area is 140 Å². The van der Waals surface area contributed by atoms with Crippen molar-refractivity contribution in [2.24, 2.45) is 5.92 Å². The zero-order valence-electron chi connectivity index (χ0n) is 14.0.